The summed E-state index contributed by atoms with van der Waals surface area (Å²) in [5, 5.41) is 5.03. The normalized spacial score (nSPS) is 12.1. The third kappa shape index (κ3) is 4.30. The summed E-state index contributed by atoms with van der Waals surface area (Å²) < 4.78 is 2.29. The zero-order valence-corrected chi connectivity index (χ0v) is 26.7. The fourth-order valence-corrected chi connectivity index (χ4v) is 8.29. The second kappa shape index (κ2) is 10.8. The second-order valence-corrected chi connectivity index (χ2v) is 13.3. The monoisotopic (exact) mass is 629 g/mol. The van der Waals surface area contributed by atoms with E-state index in [1.54, 1.807) is 0 Å². The molecule has 48 heavy (non-hydrogen) atoms. The number of benzene rings is 7. The van der Waals surface area contributed by atoms with Crippen LogP contribution < -0.4 is 0 Å². The molecule has 9 aromatic rings. The molecule has 0 saturated carbocycles. The van der Waals surface area contributed by atoms with E-state index in [1.807, 2.05) is 36.0 Å². The number of aromatic nitrogens is 3. The predicted molar refractivity (Wildman–Crippen MR) is 200 cm³/mol. The molecule has 7 aromatic carbocycles. The zero-order chi connectivity index (χ0) is 31.6. The molecule has 224 valence electrons. The highest BCUT2D eigenvalue weighted by atomic mass is 32.2. The van der Waals surface area contributed by atoms with Crippen molar-refractivity contribution in [1.29, 1.82) is 0 Å². The summed E-state index contributed by atoms with van der Waals surface area (Å²) in [5.41, 5.74) is 10.2. The van der Waals surface area contributed by atoms with Crippen molar-refractivity contribution in [1.82, 2.24) is 14.5 Å². The summed E-state index contributed by atoms with van der Waals surface area (Å²) in [5.74, 6) is 1.55. The maximum atomic E-state index is 5.19. The minimum absolute atomic E-state index is 0.707. The molecule has 0 atom stereocenters. The summed E-state index contributed by atoms with van der Waals surface area (Å²) in [7, 11) is 0. The highest BCUT2D eigenvalue weighted by molar-refractivity contribution is 7.99. The molecule has 0 fully saturated rings. The Balaban J connectivity index is 1.16. The van der Waals surface area contributed by atoms with Gasteiger partial charge in [0.1, 0.15) is 5.82 Å². The Labute approximate surface area is 282 Å². The van der Waals surface area contributed by atoms with Crippen LogP contribution >= 0.6 is 11.8 Å². The molecular weight excluding hydrogens is 603 g/mol. The minimum atomic E-state index is 0.707. The number of para-hydroxylation sites is 1. The SMILES string of the molecule is c1ccc(-c2cc(-n3c4ccccc4c4cc(-c5ccc6c(c5)-c5cccc7cccc(c57)S6)ccc43)nc(-c3ccccc3)n2)cc1. The van der Waals surface area contributed by atoms with Crippen LogP contribution in [0.3, 0.4) is 0 Å². The second-order valence-electron chi connectivity index (χ2n) is 12.2. The molecule has 4 heteroatoms. The van der Waals surface area contributed by atoms with Gasteiger partial charge in [0, 0.05) is 43.1 Å². The van der Waals surface area contributed by atoms with Gasteiger partial charge in [-0.2, -0.15) is 0 Å². The van der Waals surface area contributed by atoms with Crippen molar-refractivity contribution in [3.63, 3.8) is 0 Å². The number of fused-ring (bicyclic) bond motifs is 5. The molecule has 1 aliphatic rings. The van der Waals surface area contributed by atoms with E-state index < -0.39 is 0 Å². The summed E-state index contributed by atoms with van der Waals surface area (Å²) in [6.07, 6.45) is 0. The lowest BCUT2D eigenvalue weighted by atomic mass is 9.94. The van der Waals surface area contributed by atoms with E-state index in [0.717, 1.165) is 33.7 Å². The molecule has 2 aromatic heterocycles. The average molecular weight is 630 g/mol. The number of rotatable bonds is 4. The third-order valence-electron chi connectivity index (χ3n) is 9.41. The third-order valence-corrected chi connectivity index (χ3v) is 10.5. The van der Waals surface area contributed by atoms with E-state index in [9.17, 15) is 0 Å². The Morgan fingerprint density at radius 1 is 0.438 bits per heavy atom. The van der Waals surface area contributed by atoms with Crippen molar-refractivity contribution < 1.29 is 0 Å². The van der Waals surface area contributed by atoms with Crippen LogP contribution in [-0.4, -0.2) is 14.5 Å². The zero-order valence-electron chi connectivity index (χ0n) is 25.8. The summed E-state index contributed by atoms with van der Waals surface area (Å²) >= 11 is 1.87. The first-order valence-electron chi connectivity index (χ1n) is 16.2. The highest BCUT2D eigenvalue weighted by Crippen LogP contribution is 2.49. The highest BCUT2D eigenvalue weighted by Gasteiger charge is 2.21. The Morgan fingerprint density at radius 3 is 2.00 bits per heavy atom. The van der Waals surface area contributed by atoms with Crippen molar-refractivity contribution in [3.8, 4) is 50.7 Å². The van der Waals surface area contributed by atoms with E-state index in [-0.39, 0.29) is 0 Å². The van der Waals surface area contributed by atoms with Gasteiger partial charge >= 0.3 is 0 Å². The molecule has 0 N–H and O–H groups in total. The maximum Gasteiger partial charge on any atom is 0.162 e. The molecular formula is C44H27N3S. The largest absolute Gasteiger partial charge is 0.294 e. The van der Waals surface area contributed by atoms with Crippen LogP contribution in [0.1, 0.15) is 0 Å². The lowest BCUT2D eigenvalue weighted by Gasteiger charge is -2.21. The molecule has 0 spiro atoms. The Kier molecular flexibility index (Phi) is 6.11. The van der Waals surface area contributed by atoms with Crippen LogP contribution in [0.15, 0.2) is 174 Å². The molecule has 1 aliphatic heterocycles. The van der Waals surface area contributed by atoms with Gasteiger partial charge in [-0.3, -0.25) is 4.57 Å². The van der Waals surface area contributed by atoms with Gasteiger partial charge in [-0.15, -0.1) is 0 Å². The van der Waals surface area contributed by atoms with E-state index >= 15 is 0 Å². The molecule has 0 radical (unpaired) electrons. The van der Waals surface area contributed by atoms with Crippen molar-refractivity contribution in [2.75, 3.05) is 0 Å². The summed E-state index contributed by atoms with van der Waals surface area (Å²) in [6, 6.07) is 58.4. The van der Waals surface area contributed by atoms with E-state index in [1.165, 1.54) is 53.6 Å². The topological polar surface area (TPSA) is 30.7 Å². The predicted octanol–water partition coefficient (Wildman–Crippen LogP) is 11.9. The molecule has 0 unspecified atom stereocenters. The van der Waals surface area contributed by atoms with Crippen molar-refractivity contribution in [2.45, 2.75) is 9.79 Å². The van der Waals surface area contributed by atoms with Crippen LogP contribution in [-0.2, 0) is 0 Å². The first kappa shape index (κ1) is 27.2. The summed E-state index contributed by atoms with van der Waals surface area (Å²) in [6.45, 7) is 0. The van der Waals surface area contributed by atoms with Gasteiger partial charge in [0.05, 0.1) is 16.7 Å². The van der Waals surface area contributed by atoms with Crippen molar-refractivity contribution in [2.24, 2.45) is 0 Å². The molecule has 0 bridgehead atoms. The van der Waals surface area contributed by atoms with E-state index in [2.05, 4.69) is 144 Å². The standard InChI is InChI=1S/C44H27N3S/c1-3-11-28(12-4-1)37-27-42(46-44(45-37)30-13-5-2-6-14-30)47-38-19-8-7-17-33(38)35-25-31(21-23-39(35)47)32-22-24-40-36(26-32)34-18-9-15-29-16-10-20-41(48-40)43(29)34/h1-27H. The fourth-order valence-electron chi connectivity index (χ4n) is 7.16. The first-order chi connectivity index (χ1) is 23.8. The molecule has 3 nitrogen and oxygen atoms in total. The molecule has 0 amide bonds. The first-order valence-corrected chi connectivity index (χ1v) is 17.0. The van der Waals surface area contributed by atoms with Gasteiger partial charge in [0.15, 0.2) is 5.82 Å². The molecule has 10 rings (SSSR count). The van der Waals surface area contributed by atoms with Crippen LogP contribution in [0, 0.1) is 0 Å². The Bertz CT molecular complexity index is 2630. The fraction of sp³-hybridized carbons (Fsp3) is 0. The lowest BCUT2D eigenvalue weighted by Crippen LogP contribution is -2.02. The summed E-state index contributed by atoms with van der Waals surface area (Å²) in [4.78, 5) is 12.8. The van der Waals surface area contributed by atoms with Gasteiger partial charge in [-0.25, -0.2) is 9.97 Å². The minimum Gasteiger partial charge on any atom is -0.294 e. The van der Waals surface area contributed by atoms with Crippen molar-refractivity contribution in [3.05, 3.63) is 164 Å². The Morgan fingerprint density at radius 2 is 1.15 bits per heavy atom. The maximum absolute atomic E-state index is 5.19. The van der Waals surface area contributed by atoms with Gasteiger partial charge in [0.25, 0.3) is 0 Å². The Hall–Kier alpha value is -5.97. The number of hydrogen-bond acceptors (Lipinski definition) is 3. The van der Waals surface area contributed by atoms with Crippen LogP contribution in [0.5, 0.6) is 0 Å². The molecule has 0 aliphatic carbocycles. The number of nitrogens with zero attached hydrogens (tertiary/aromatic N) is 3. The smallest absolute Gasteiger partial charge is 0.162 e. The quantitative estimate of drug-likeness (QED) is 0.194. The van der Waals surface area contributed by atoms with Crippen molar-refractivity contribution >= 4 is 44.3 Å². The van der Waals surface area contributed by atoms with Crippen LogP contribution in [0.4, 0.5) is 0 Å². The van der Waals surface area contributed by atoms with Gasteiger partial charge in [-0.05, 0) is 64.0 Å². The van der Waals surface area contributed by atoms with E-state index in [4.69, 9.17) is 9.97 Å². The average Bonchev–Trinajstić information content (AvgIpc) is 3.49. The number of hydrogen-bond donors (Lipinski definition) is 0. The van der Waals surface area contributed by atoms with Crippen LogP contribution in [0.25, 0.3) is 83.3 Å². The van der Waals surface area contributed by atoms with Gasteiger partial charge in [-0.1, -0.05) is 133 Å². The molecule has 3 heterocycles. The molecule has 0 saturated heterocycles. The van der Waals surface area contributed by atoms with E-state index in [0.29, 0.717) is 5.82 Å². The van der Waals surface area contributed by atoms with Crippen LogP contribution in [0.2, 0.25) is 0 Å². The van der Waals surface area contributed by atoms with Gasteiger partial charge in [0.2, 0.25) is 0 Å². The van der Waals surface area contributed by atoms with Gasteiger partial charge < -0.3 is 0 Å². The lowest BCUT2D eigenvalue weighted by molar-refractivity contribution is 1.05.